The van der Waals surface area contributed by atoms with Crippen LogP contribution >= 0.6 is 12.2 Å². The summed E-state index contributed by atoms with van der Waals surface area (Å²) in [6, 6.07) is 5.14. The monoisotopic (exact) mass is 296 g/mol. The number of benzene rings is 1. The average Bonchev–Trinajstić information content (AvgIpc) is 2.40. The molecule has 1 aromatic carbocycles. The minimum atomic E-state index is -0.305. The molecule has 0 aliphatic carbocycles. The lowest BCUT2D eigenvalue weighted by Gasteiger charge is -2.35. The molecular formula is C15H21FN2OS. The predicted octanol–water partition coefficient (Wildman–Crippen LogP) is 2.20. The normalized spacial score (nSPS) is 20.0. The smallest absolute Gasteiger partial charge is 0.124 e. The Kier molecular flexibility index (Phi) is 5.46. The average molecular weight is 296 g/mol. The third-order valence-corrected chi connectivity index (χ3v) is 4.07. The molecule has 0 aromatic heterocycles. The van der Waals surface area contributed by atoms with Crippen LogP contribution < -0.4 is 5.73 Å². The van der Waals surface area contributed by atoms with Crippen molar-refractivity contribution in [2.75, 3.05) is 13.2 Å². The van der Waals surface area contributed by atoms with E-state index in [1.807, 2.05) is 6.07 Å². The summed E-state index contributed by atoms with van der Waals surface area (Å²) in [7, 11) is 0. The molecule has 110 valence electrons. The van der Waals surface area contributed by atoms with Gasteiger partial charge in [0.15, 0.2) is 0 Å². The first-order valence-corrected chi connectivity index (χ1v) is 7.45. The molecule has 0 bridgehead atoms. The van der Waals surface area contributed by atoms with Crippen molar-refractivity contribution < 1.29 is 9.50 Å². The van der Waals surface area contributed by atoms with E-state index >= 15 is 0 Å². The second-order valence-electron chi connectivity index (χ2n) is 5.34. The zero-order chi connectivity index (χ0) is 14.5. The molecule has 20 heavy (non-hydrogen) atoms. The van der Waals surface area contributed by atoms with E-state index in [4.69, 9.17) is 23.1 Å². The molecule has 1 aliphatic heterocycles. The number of nitrogens with two attached hydrogens (primary N) is 1. The summed E-state index contributed by atoms with van der Waals surface area (Å²) < 4.78 is 13.6. The van der Waals surface area contributed by atoms with Gasteiger partial charge in [0, 0.05) is 24.8 Å². The molecule has 0 spiro atoms. The lowest BCUT2D eigenvalue weighted by Crippen LogP contribution is -2.39. The van der Waals surface area contributed by atoms with Crippen LogP contribution in [0.3, 0.4) is 0 Å². The number of halogens is 1. The maximum atomic E-state index is 13.6. The van der Waals surface area contributed by atoms with E-state index < -0.39 is 0 Å². The number of aliphatic hydroxyl groups is 1. The molecule has 1 unspecified atom stereocenters. The Hall–Kier alpha value is -1.04. The Bertz CT molecular complexity index is 479. The molecule has 3 nitrogen and oxygen atoms in total. The Morgan fingerprint density at radius 1 is 1.40 bits per heavy atom. The van der Waals surface area contributed by atoms with Crippen molar-refractivity contribution in [1.29, 1.82) is 0 Å². The number of hydrogen-bond donors (Lipinski definition) is 2. The van der Waals surface area contributed by atoms with Gasteiger partial charge in [0.25, 0.3) is 0 Å². The largest absolute Gasteiger partial charge is 0.396 e. The van der Waals surface area contributed by atoms with Crippen LogP contribution in [0.5, 0.6) is 0 Å². The van der Waals surface area contributed by atoms with Gasteiger partial charge in [-0.3, -0.25) is 4.90 Å². The lowest BCUT2D eigenvalue weighted by molar-refractivity contribution is 0.112. The van der Waals surface area contributed by atoms with Crippen molar-refractivity contribution in [2.24, 2.45) is 5.73 Å². The zero-order valence-electron chi connectivity index (χ0n) is 11.5. The van der Waals surface area contributed by atoms with E-state index in [1.165, 1.54) is 18.6 Å². The third-order valence-electron chi connectivity index (χ3n) is 3.84. The maximum Gasteiger partial charge on any atom is 0.124 e. The maximum absolute atomic E-state index is 13.6. The van der Waals surface area contributed by atoms with E-state index in [1.54, 1.807) is 0 Å². The minimum Gasteiger partial charge on any atom is -0.396 e. The lowest BCUT2D eigenvalue weighted by atomic mass is 9.98. The van der Waals surface area contributed by atoms with Gasteiger partial charge >= 0.3 is 0 Å². The summed E-state index contributed by atoms with van der Waals surface area (Å²) in [5.41, 5.74) is 7.04. The van der Waals surface area contributed by atoms with Crippen LogP contribution in [-0.4, -0.2) is 34.2 Å². The molecule has 1 aromatic rings. The van der Waals surface area contributed by atoms with Crippen LogP contribution in [0.2, 0.25) is 0 Å². The van der Waals surface area contributed by atoms with E-state index in [-0.39, 0.29) is 17.4 Å². The summed E-state index contributed by atoms with van der Waals surface area (Å²) in [6.07, 6.45) is 4.22. The number of thiocarbonyl (C=S) groups is 1. The molecule has 1 saturated heterocycles. The Morgan fingerprint density at radius 3 is 2.90 bits per heavy atom. The topological polar surface area (TPSA) is 49.5 Å². The number of rotatable bonds is 5. The molecule has 0 saturated carbocycles. The third kappa shape index (κ3) is 3.98. The molecule has 2 rings (SSSR count). The zero-order valence-corrected chi connectivity index (χ0v) is 12.3. The van der Waals surface area contributed by atoms with Gasteiger partial charge in [-0.15, -0.1) is 0 Å². The first kappa shape index (κ1) is 15.4. The van der Waals surface area contributed by atoms with Crippen LogP contribution in [0.15, 0.2) is 18.2 Å². The minimum absolute atomic E-state index is 0.197. The van der Waals surface area contributed by atoms with Gasteiger partial charge < -0.3 is 10.8 Å². The SMILES string of the molecule is NC(=S)c1cc(F)cc(CN2CCCCC2CCO)c1. The highest BCUT2D eigenvalue weighted by Crippen LogP contribution is 2.22. The first-order chi connectivity index (χ1) is 9.60. The number of piperidine rings is 1. The highest BCUT2D eigenvalue weighted by Gasteiger charge is 2.22. The van der Waals surface area contributed by atoms with Crippen LogP contribution in [0.25, 0.3) is 0 Å². The second-order valence-corrected chi connectivity index (χ2v) is 5.78. The highest BCUT2D eigenvalue weighted by molar-refractivity contribution is 7.80. The second kappa shape index (κ2) is 7.11. The molecule has 1 atom stereocenters. The summed E-state index contributed by atoms with van der Waals surface area (Å²) in [5, 5.41) is 9.14. The van der Waals surface area contributed by atoms with Crippen molar-refractivity contribution in [3.8, 4) is 0 Å². The van der Waals surface area contributed by atoms with Gasteiger partial charge in [-0.2, -0.15) is 0 Å². The van der Waals surface area contributed by atoms with Crippen molar-refractivity contribution in [2.45, 2.75) is 38.3 Å². The van der Waals surface area contributed by atoms with E-state index in [9.17, 15) is 4.39 Å². The molecule has 3 N–H and O–H groups in total. The van der Waals surface area contributed by atoms with E-state index in [0.29, 0.717) is 18.2 Å². The predicted molar refractivity (Wildman–Crippen MR) is 82.0 cm³/mol. The molecule has 1 aliphatic rings. The summed E-state index contributed by atoms with van der Waals surface area (Å²) >= 11 is 4.91. The Morgan fingerprint density at radius 2 is 2.20 bits per heavy atom. The van der Waals surface area contributed by atoms with Crippen LogP contribution in [0.1, 0.15) is 36.8 Å². The fourth-order valence-electron chi connectivity index (χ4n) is 2.86. The van der Waals surface area contributed by atoms with Crippen LogP contribution in [0, 0.1) is 5.82 Å². The molecule has 1 heterocycles. The highest BCUT2D eigenvalue weighted by atomic mass is 32.1. The molecule has 1 fully saturated rings. The number of aliphatic hydroxyl groups excluding tert-OH is 1. The number of likely N-dealkylation sites (tertiary alicyclic amines) is 1. The fourth-order valence-corrected chi connectivity index (χ4v) is 2.98. The van der Waals surface area contributed by atoms with Gasteiger partial charge in [0.1, 0.15) is 10.8 Å². The van der Waals surface area contributed by atoms with Gasteiger partial charge in [0.2, 0.25) is 0 Å². The Balaban J connectivity index is 2.13. The van der Waals surface area contributed by atoms with Crippen molar-refractivity contribution in [1.82, 2.24) is 4.90 Å². The summed E-state index contributed by atoms with van der Waals surface area (Å²) in [6.45, 7) is 1.87. The van der Waals surface area contributed by atoms with Gasteiger partial charge in [-0.1, -0.05) is 18.6 Å². The fraction of sp³-hybridized carbons (Fsp3) is 0.533. The quantitative estimate of drug-likeness (QED) is 0.818. The number of nitrogens with zero attached hydrogens (tertiary/aromatic N) is 1. The number of hydrogen-bond acceptors (Lipinski definition) is 3. The van der Waals surface area contributed by atoms with Crippen LogP contribution in [-0.2, 0) is 6.54 Å². The van der Waals surface area contributed by atoms with E-state index in [0.717, 1.165) is 31.4 Å². The van der Waals surface area contributed by atoms with Crippen molar-refractivity contribution in [3.63, 3.8) is 0 Å². The molecule has 0 radical (unpaired) electrons. The van der Waals surface area contributed by atoms with Crippen molar-refractivity contribution in [3.05, 3.63) is 35.1 Å². The molecule has 0 amide bonds. The standard InChI is InChI=1S/C15H21FN2OS/c16-13-8-11(7-12(9-13)15(17)20)10-18-5-2-1-3-14(18)4-6-19/h7-9,14,19H,1-6,10H2,(H2,17,20). The first-order valence-electron chi connectivity index (χ1n) is 7.04. The van der Waals surface area contributed by atoms with Crippen LogP contribution in [0.4, 0.5) is 4.39 Å². The summed E-state index contributed by atoms with van der Waals surface area (Å²) in [4.78, 5) is 2.54. The van der Waals surface area contributed by atoms with Crippen molar-refractivity contribution >= 4 is 17.2 Å². The van der Waals surface area contributed by atoms with Gasteiger partial charge in [-0.25, -0.2) is 4.39 Å². The van der Waals surface area contributed by atoms with Gasteiger partial charge in [-0.05, 0) is 49.6 Å². The summed E-state index contributed by atoms with van der Waals surface area (Å²) in [5.74, 6) is -0.305. The van der Waals surface area contributed by atoms with Gasteiger partial charge in [0.05, 0.1) is 0 Å². The molecule has 5 heteroatoms. The van der Waals surface area contributed by atoms with E-state index in [2.05, 4.69) is 4.90 Å². The molecular weight excluding hydrogens is 275 g/mol. The Labute approximate surface area is 124 Å².